The number of aromatic nitrogens is 1. The smallest absolute Gasteiger partial charge is 0.0991 e. The van der Waals surface area contributed by atoms with Gasteiger partial charge in [0.05, 0.1) is 34.5 Å². The van der Waals surface area contributed by atoms with Gasteiger partial charge in [-0.15, -0.1) is 9.53 Å². The molecule has 1 aliphatic rings. The minimum Gasteiger partial charge on any atom is -0.378 e. The van der Waals surface area contributed by atoms with Crippen molar-refractivity contribution in [3.8, 4) is 6.07 Å². The van der Waals surface area contributed by atoms with Gasteiger partial charge < -0.3 is 5.32 Å². The van der Waals surface area contributed by atoms with Crippen molar-refractivity contribution in [2.24, 2.45) is 0 Å². The number of nitrogens with zero attached hydrogens (tertiary/aromatic N) is 2. The highest BCUT2D eigenvalue weighted by atomic mass is 32.3. The Labute approximate surface area is 182 Å². The monoisotopic (exact) mass is 434 g/mol. The van der Waals surface area contributed by atoms with Crippen LogP contribution >= 0.6 is 0 Å². The third-order valence-corrected chi connectivity index (χ3v) is 7.85. The predicted octanol–water partition coefficient (Wildman–Crippen LogP) is 5.10. The Morgan fingerprint density at radius 1 is 1.23 bits per heavy atom. The second-order valence-electron chi connectivity index (χ2n) is 8.82. The van der Waals surface area contributed by atoms with Crippen molar-refractivity contribution in [1.29, 1.82) is 5.26 Å². The number of pyridine rings is 1. The highest BCUT2D eigenvalue weighted by molar-refractivity contribution is 8.15. The Hall–Kier alpha value is -3.21. The molecule has 1 aromatic heterocycles. The van der Waals surface area contributed by atoms with Gasteiger partial charge in [0.25, 0.3) is 0 Å². The average Bonchev–Trinajstić information content (AvgIpc) is 2.73. The van der Waals surface area contributed by atoms with Crippen LogP contribution in [0.1, 0.15) is 43.0 Å². The summed E-state index contributed by atoms with van der Waals surface area (Å²) in [5, 5.41) is 12.8. The topological polar surface area (TPSA) is 98.0 Å². The first-order valence-electron chi connectivity index (χ1n) is 10.1. The Morgan fingerprint density at radius 2 is 2.00 bits per heavy atom. The molecule has 0 aliphatic carbocycles. The summed E-state index contributed by atoms with van der Waals surface area (Å²) >= 11 is 0. The van der Waals surface area contributed by atoms with Crippen LogP contribution in [0, 0.1) is 11.3 Å². The third kappa shape index (κ3) is 4.05. The molecule has 7 heteroatoms. The quantitative estimate of drug-likeness (QED) is 0.531. The molecular formula is C24H26N4O2S. The van der Waals surface area contributed by atoms with Crippen molar-refractivity contribution in [3.05, 3.63) is 83.7 Å². The molecule has 0 amide bonds. The molecule has 31 heavy (non-hydrogen) atoms. The fraction of sp³-hybridized carbons (Fsp3) is 0.250. The fourth-order valence-corrected chi connectivity index (χ4v) is 5.72. The van der Waals surface area contributed by atoms with Crippen molar-refractivity contribution in [3.63, 3.8) is 0 Å². The van der Waals surface area contributed by atoms with Gasteiger partial charge >= 0.3 is 0 Å². The lowest BCUT2D eigenvalue weighted by molar-refractivity contribution is 0.427. The molecule has 0 saturated carbocycles. The molecule has 0 bridgehead atoms. The SMILES string of the molecule is CC1(C)CC(c2ccccc2NS(C)(=O)(O)c2cccnc2)Nc2ccc(C#N)cc21. The lowest BCUT2D eigenvalue weighted by Gasteiger charge is -2.43. The van der Waals surface area contributed by atoms with Crippen molar-refractivity contribution in [2.75, 3.05) is 16.3 Å². The number of fused-ring (bicyclic) bond motifs is 1. The van der Waals surface area contributed by atoms with Gasteiger partial charge in [-0.3, -0.25) is 14.3 Å². The lowest BCUT2D eigenvalue weighted by atomic mass is 9.73. The average molecular weight is 435 g/mol. The minimum atomic E-state index is -4.36. The summed E-state index contributed by atoms with van der Waals surface area (Å²) in [5.74, 6) is 0. The number of nitrogens with one attached hydrogen (secondary N) is 2. The van der Waals surface area contributed by atoms with Crippen LogP contribution < -0.4 is 10.0 Å². The van der Waals surface area contributed by atoms with Crippen LogP contribution in [-0.2, 0) is 14.9 Å². The number of benzene rings is 2. The van der Waals surface area contributed by atoms with Gasteiger partial charge in [0, 0.05) is 18.1 Å². The van der Waals surface area contributed by atoms with Gasteiger partial charge in [0.1, 0.15) is 0 Å². The van der Waals surface area contributed by atoms with Gasteiger partial charge in [-0.25, -0.2) is 0 Å². The molecule has 160 valence electrons. The molecule has 1 aliphatic heterocycles. The number of hydrogen-bond acceptors (Lipinski definition) is 4. The predicted molar refractivity (Wildman–Crippen MR) is 124 cm³/mol. The van der Waals surface area contributed by atoms with Crippen LogP contribution in [-0.4, -0.2) is 20.0 Å². The zero-order valence-electron chi connectivity index (χ0n) is 17.8. The molecule has 3 N–H and O–H groups in total. The van der Waals surface area contributed by atoms with E-state index >= 15 is 0 Å². The molecule has 0 radical (unpaired) electrons. The largest absolute Gasteiger partial charge is 0.378 e. The van der Waals surface area contributed by atoms with Crippen molar-refractivity contribution < 1.29 is 8.76 Å². The Balaban J connectivity index is 1.73. The van der Waals surface area contributed by atoms with Crippen LogP contribution in [0.5, 0.6) is 0 Å². The van der Waals surface area contributed by atoms with Gasteiger partial charge in [0.2, 0.25) is 0 Å². The molecule has 0 saturated heterocycles. The van der Waals surface area contributed by atoms with Crippen molar-refractivity contribution in [1.82, 2.24) is 4.98 Å². The summed E-state index contributed by atoms with van der Waals surface area (Å²) in [6.45, 7) is 4.31. The van der Waals surface area contributed by atoms with E-state index in [1.165, 1.54) is 12.5 Å². The Bertz CT molecular complexity index is 1240. The molecule has 0 spiro atoms. The first kappa shape index (κ1) is 21.0. The fourth-order valence-electron chi connectivity index (χ4n) is 4.19. The molecule has 0 fully saturated rings. The summed E-state index contributed by atoms with van der Waals surface area (Å²) < 4.78 is 27.6. The van der Waals surface area contributed by atoms with E-state index in [1.807, 2.05) is 36.4 Å². The van der Waals surface area contributed by atoms with Crippen LogP contribution in [0.25, 0.3) is 0 Å². The standard InChI is InChI=1S/C24H26N4O2S/c1-24(2)14-23(27-22-11-10-17(15-25)13-20(22)24)19-8-4-5-9-21(19)28-31(3,29,30)18-7-6-12-26-16-18/h4-13,16,23,27H,14H2,1-3H3,(H2,28,29,30). The maximum Gasteiger partial charge on any atom is 0.0991 e. The van der Waals surface area contributed by atoms with E-state index in [0.29, 0.717) is 11.3 Å². The number of anilines is 2. The van der Waals surface area contributed by atoms with Crippen molar-refractivity contribution in [2.45, 2.75) is 36.6 Å². The first-order chi connectivity index (χ1) is 14.6. The number of para-hydroxylation sites is 1. The second kappa shape index (κ2) is 7.19. The number of nitriles is 1. The lowest BCUT2D eigenvalue weighted by Crippen LogP contribution is -2.40. The maximum atomic E-state index is 13.5. The molecule has 6 nitrogen and oxygen atoms in total. The summed E-state index contributed by atoms with van der Waals surface area (Å²) in [6, 6.07) is 18.6. The number of rotatable bonds is 4. The first-order valence-corrected chi connectivity index (χ1v) is 12.4. The molecule has 4 rings (SSSR count). The summed E-state index contributed by atoms with van der Waals surface area (Å²) in [4.78, 5) is 4.24. The summed E-state index contributed by atoms with van der Waals surface area (Å²) in [5.41, 5.74) is 4.03. The van der Waals surface area contributed by atoms with Crippen LogP contribution in [0.4, 0.5) is 11.4 Å². The van der Waals surface area contributed by atoms with Gasteiger partial charge in [-0.05, 0) is 59.4 Å². The molecule has 3 aromatic rings. The molecule has 2 aromatic carbocycles. The molecule has 1 atom stereocenters. The second-order valence-corrected chi connectivity index (χ2v) is 12.1. The van der Waals surface area contributed by atoms with Crippen LogP contribution in [0.15, 0.2) is 71.9 Å². The summed E-state index contributed by atoms with van der Waals surface area (Å²) in [7, 11) is -4.36. The van der Waals surface area contributed by atoms with E-state index < -0.39 is 9.53 Å². The zero-order valence-corrected chi connectivity index (χ0v) is 18.6. The number of hydrogen-bond donors (Lipinski definition) is 3. The van der Waals surface area contributed by atoms with E-state index in [9.17, 15) is 14.0 Å². The van der Waals surface area contributed by atoms with Gasteiger partial charge in [0.15, 0.2) is 0 Å². The van der Waals surface area contributed by atoms with E-state index in [-0.39, 0.29) is 16.4 Å². The third-order valence-electron chi connectivity index (χ3n) is 5.80. The van der Waals surface area contributed by atoms with Crippen molar-refractivity contribution >= 4 is 20.9 Å². The van der Waals surface area contributed by atoms with Crippen LogP contribution in [0.3, 0.4) is 0 Å². The van der Waals surface area contributed by atoms with E-state index in [4.69, 9.17) is 0 Å². The van der Waals surface area contributed by atoms with Crippen LogP contribution in [0.2, 0.25) is 0 Å². The highest BCUT2D eigenvalue weighted by Crippen LogP contribution is 2.46. The highest BCUT2D eigenvalue weighted by Gasteiger charge is 2.35. The maximum absolute atomic E-state index is 13.5. The van der Waals surface area contributed by atoms with Gasteiger partial charge in [-0.2, -0.15) is 9.47 Å². The van der Waals surface area contributed by atoms with E-state index in [1.54, 1.807) is 24.4 Å². The molecular weight excluding hydrogens is 408 g/mol. The normalized spacial score (nSPS) is 18.5. The summed E-state index contributed by atoms with van der Waals surface area (Å²) in [6.07, 6.45) is 5.06. The Morgan fingerprint density at radius 3 is 2.71 bits per heavy atom. The zero-order chi connectivity index (χ0) is 22.3. The van der Waals surface area contributed by atoms with E-state index in [0.717, 1.165) is 23.2 Å². The minimum absolute atomic E-state index is 0.0730. The van der Waals surface area contributed by atoms with Gasteiger partial charge in [-0.1, -0.05) is 32.0 Å². The molecule has 2 heterocycles. The Kier molecular flexibility index (Phi) is 4.88. The molecule has 1 unspecified atom stereocenters. The van der Waals surface area contributed by atoms with E-state index in [2.05, 4.69) is 34.9 Å².